The number of allylic oxidation sites excluding steroid dienone is 1. The average molecular weight is 240 g/mol. The number of carbonyl (C=O) groups excluding carboxylic acids is 2. The van der Waals surface area contributed by atoms with Crippen molar-refractivity contribution in [3.05, 3.63) is 17.4 Å². The molecule has 0 aliphatic carbocycles. The van der Waals surface area contributed by atoms with E-state index in [9.17, 15) is 9.59 Å². The molecule has 0 heterocycles. The van der Waals surface area contributed by atoms with Crippen LogP contribution in [0.4, 0.5) is 0 Å². The van der Waals surface area contributed by atoms with Gasteiger partial charge in [0.1, 0.15) is 0 Å². The van der Waals surface area contributed by atoms with Crippen molar-refractivity contribution >= 4 is 11.9 Å². The number of rotatable bonds is 6. The molecule has 0 atom stereocenters. The van der Waals surface area contributed by atoms with E-state index in [1.165, 1.54) is 14.2 Å². The number of carbonyl (C=O) groups is 2. The largest absolute Gasteiger partial charge is 0.468 e. The van der Waals surface area contributed by atoms with Crippen molar-refractivity contribution in [1.82, 2.24) is 0 Å². The SMILES string of the molecule is CCCC=C=C(C)CC(C(=O)OC)C(=O)OC. The van der Waals surface area contributed by atoms with E-state index in [0.717, 1.165) is 18.4 Å². The Labute approximate surface area is 102 Å². The van der Waals surface area contributed by atoms with E-state index in [2.05, 4.69) is 22.1 Å². The lowest BCUT2D eigenvalue weighted by Crippen LogP contribution is -2.26. The predicted octanol–water partition coefficient (Wildman–Crippen LogP) is 2.24. The molecule has 0 fully saturated rings. The number of hydrogen-bond acceptors (Lipinski definition) is 4. The van der Waals surface area contributed by atoms with Gasteiger partial charge in [-0.3, -0.25) is 9.59 Å². The van der Waals surface area contributed by atoms with E-state index in [0.29, 0.717) is 0 Å². The summed E-state index contributed by atoms with van der Waals surface area (Å²) in [5, 5.41) is 0. The van der Waals surface area contributed by atoms with Crippen LogP contribution in [-0.2, 0) is 19.1 Å². The number of hydrogen-bond donors (Lipinski definition) is 0. The second-order valence-corrected chi connectivity index (χ2v) is 3.72. The van der Waals surface area contributed by atoms with Crippen molar-refractivity contribution < 1.29 is 19.1 Å². The average Bonchev–Trinajstić information content (AvgIpc) is 2.34. The summed E-state index contributed by atoms with van der Waals surface area (Å²) in [6.45, 7) is 3.89. The third kappa shape index (κ3) is 5.93. The standard InChI is InChI=1S/C13H20O4/c1-5-6-7-8-10(2)9-11(12(14)16-3)13(15)17-4/h7,11H,5-6,9H2,1-4H3. The molecule has 0 aromatic carbocycles. The summed E-state index contributed by atoms with van der Waals surface area (Å²) in [5.41, 5.74) is 3.88. The van der Waals surface area contributed by atoms with Crippen LogP contribution in [0.1, 0.15) is 33.1 Å². The lowest BCUT2D eigenvalue weighted by molar-refractivity contribution is -0.158. The van der Waals surface area contributed by atoms with E-state index in [-0.39, 0.29) is 6.42 Å². The van der Waals surface area contributed by atoms with Crippen LogP contribution < -0.4 is 0 Å². The summed E-state index contributed by atoms with van der Waals surface area (Å²) < 4.78 is 9.14. The fraction of sp³-hybridized carbons (Fsp3) is 0.615. The van der Waals surface area contributed by atoms with Gasteiger partial charge in [-0.25, -0.2) is 0 Å². The van der Waals surface area contributed by atoms with Gasteiger partial charge in [0, 0.05) is 0 Å². The van der Waals surface area contributed by atoms with Crippen LogP contribution in [0, 0.1) is 5.92 Å². The Balaban J connectivity index is 4.70. The molecule has 4 heteroatoms. The highest BCUT2D eigenvalue weighted by Gasteiger charge is 2.28. The van der Waals surface area contributed by atoms with Crippen LogP contribution in [0.15, 0.2) is 17.4 Å². The molecule has 0 aromatic heterocycles. The lowest BCUT2D eigenvalue weighted by atomic mass is 10.0. The first kappa shape index (κ1) is 15.5. The molecule has 0 unspecified atom stereocenters. The molecule has 0 radical (unpaired) electrons. The molecule has 0 spiro atoms. The first-order chi connectivity index (χ1) is 8.06. The molecule has 4 nitrogen and oxygen atoms in total. The third-order valence-electron chi connectivity index (χ3n) is 2.26. The van der Waals surface area contributed by atoms with Gasteiger partial charge in [0.2, 0.25) is 0 Å². The van der Waals surface area contributed by atoms with E-state index in [4.69, 9.17) is 0 Å². The monoisotopic (exact) mass is 240 g/mol. The maximum absolute atomic E-state index is 11.4. The van der Waals surface area contributed by atoms with Gasteiger partial charge in [-0.1, -0.05) is 13.3 Å². The van der Waals surface area contributed by atoms with Crippen LogP contribution in [0.5, 0.6) is 0 Å². The van der Waals surface area contributed by atoms with E-state index in [1.807, 2.05) is 13.0 Å². The topological polar surface area (TPSA) is 52.6 Å². The summed E-state index contributed by atoms with van der Waals surface area (Å²) in [5.74, 6) is -2.05. The van der Waals surface area contributed by atoms with Crippen molar-refractivity contribution in [2.75, 3.05) is 14.2 Å². The molecule has 0 rings (SSSR count). The van der Waals surface area contributed by atoms with Crippen molar-refractivity contribution in [2.45, 2.75) is 33.1 Å². The zero-order chi connectivity index (χ0) is 13.3. The normalized spacial score (nSPS) is 9.47. The van der Waals surface area contributed by atoms with Crippen molar-refractivity contribution in [2.24, 2.45) is 5.92 Å². The van der Waals surface area contributed by atoms with E-state index < -0.39 is 17.9 Å². The quantitative estimate of drug-likeness (QED) is 0.406. The molecule has 0 aliphatic rings. The molecule has 0 saturated carbocycles. The van der Waals surface area contributed by atoms with Gasteiger partial charge >= 0.3 is 11.9 Å². The molecule has 96 valence electrons. The summed E-state index contributed by atoms with van der Waals surface area (Å²) >= 11 is 0. The Morgan fingerprint density at radius 2 is 1.76 bits per heavy atom. The fourth-order valence-electron chi connectivity index (χ4n) is 1.30. The van der Waals surface area contributed by atoms with Gasteiger partial charge in [-0.2, -0.15) is 0 Å². The van der Waals surface area contributed by atoms with Crippen molar-refractivity contribution in [1.29, 1.82) is 0 Å². The van der Waals surface area contributed by atoms with Gasteiger partial charge in [-0.05, 0) is 31.4 Å². The fourth-order valence-corrected chi connectivity index (χ4v) is 1.30. The van der Waals surface area contributed by atoms with Gasteiger partial charge in [0.15, 0.2) is 5.92 Å². The number of ether oxygens (including phenoxy) is 2. The van der Waals surface area contributed by atoms with E-state index >= 15 is 0 Å². The first-order valence-corrected chi connectivity index (χ1v) is 5.63. The van der Waals surface area contributed by atoms with Crippen LogP contribution in [0.3, 0.4) is 0 Å². The Bertz CT molecular complexity index is 308. The molecular formula is C13H20O4. The van der Waals surface area contributed by atoms with Crippen molar-refractivity contribution in [3.8, 4) is 0 Å². The van der Waals surface area contributed by atoms with Crippen LogP contribution in [0.2, 0.25) is 0 Å². The maximum atomic E-state index is 11.4. The molecule has 0 N–H and O–H groups in total. The highest BCUT2D eigenvalue weighted by Crippen LogP contribution is 2.14. The smallest absolute Gasteiger partial charge is 0.320 e. The molecule has 0 bridgehead atoms. The molecule has 0 aromatic rings. The molecule has 0 amide bonds. The van der Waals surface area contributed by atoms with Crippen LogP contribution in [0.25, 0.3) is 0 Å². The minimum Gasteiger partial charge on any atom is -0.468 e. The molecule has 0 saturated heterocycles. The number of unbranched alkanes of at least 4 members (excludes halogenated alkanes) is 1. The van der Waals surface area contributed by atoms with Gasteiger partial charge in [-0.15, -0.1) is 5.73 Å². The van der Waals surface area contributed by atoms with Crippen LogP contribution >= 0.6 is 0 Å². The van der Waals surface area contributed by atoms with E-state index in [1.54, 1.807) is 0 Å². The Morgan fingerprint density at radius 3 is 2.18 bits per heavy atom. The van der Waals surface area contributed by atoms with Crippen molar-refractivity contribution in [3.63, 3.8) is 0 Å². The zero-order valence-corrected chi connectivity index (χ0v) is 10.9. The minimum absolute atomic E-state index is 0.277. The molecule has 17 heavy (non-hydrogen) atoms. The van der Waals surface area contributed by atoms with Gasteiger partial charge in [0.05, 0.1) is 14.2 Å². The third-order valence-corrected chi connectivity index (χ3v) is 2.26. The number of methoxy groups -OCH3 is 2. The highest BCUT2D eigenvalue weighted by molar-refractivity contribution is 5.95. The second kappa shape index (κ2) is 8.59. The lowest BCUT2D eigenvalue weighted by Gasteiger charge is -2.11. The second-order valence-electron chi connectivity index (χ2n) is 3.72. The predicted molar refractivity (Wildman–Crippen MR) is 64.3 cm³/mol. The summed E-state index contributed by atoms with van der Waals surface area (Å²) in [4.78, 5) is 22.8. The number of esters is 2. The summed E-state index contributed by atoms with van der Waals surface area (Å²) in [6, 6.07) is 0. The van der Waals surface area contributed by atoms with Gasteiger partial charge < -0.3 is 9.47 Å². The summed E-state index contributed by atoms with van der Waals surface area (Å²) in [7, 11) is 2.51. The zero-order valence-electron chi connectivity index (χ0n) is 10.9. The highest BCUT2D eigenvalue weighted by atomic mass is 16.5. The first-order valence-electron chi connectivity index (χ1n) is 5.63. The minimum atomic E-state index is -0.896. The van der Waals surface area contributed by atoms with Gasteiger partial charge in [0.25, 0.3) is 0 Å². The maximum Gasteiger partial charge on any atom is 0.320 e. The Morgan fingerprint density at radius 1 is 1.24 bits per heavy atom. The van der Waals surface area contributed by atoms with Crippen LogP contribution in [-0.4, -0.2) is 26.2 Å². The molecular weight excluding hydrogens is 220 g/mol. The Hall–Kier alpha value is -1.54. The summed E-state index contributed by atoms with van der Waals surface area (Å²) in [6.07, 6.45) is 4.15. The molecule has 0 aliphatic heterocycles. The Kier molecular flexibility index (Phi) is 7.82.